The number of amides is 1. The fourth-order valence-corrected chi connectivity index (χ4v) is 1.87. The van der Waals surface area contributed by atoms with Crippen LogP contribution >= 0.6 is 0 Å². The van der Waals surface area contributed by atoms with Gasteiger partial charge in [-0.2, -0.15) is 15.4 Å². The van der Waals surface area contributed by atoms with Crippen LogP contribution in [-0.4, -0.2) is 27.1 Å². The highest BCUT2D eigenvalue weighted by molar-refractivity contribution is 6.52. The van der Waals surface area contributed by atoms with Gasteiger partial charge in [0.25, 0.3) is 11.7 Å². The number of ketones is 1. The Kier molecular flexibility index (Phi) is 2.01. The first-order chi connectivity index (χ1) is 8.27. The number of nitrogens with zero attached hydrogens (tertiary/aromatic N) is 3. The highest BCUT2D eigenvalue weighted by Crippen LogP contribution is 2.29. The Balaban J connectivity index is 2.01. The normalized spacial score (nSPS) is 14.2. The van der Waals surface area contributed by atoms with E-state index >= 15 is 0 Å². The van der Waals surface area contributed by atoms with Crippen molar-refractivity contribution >= 4 is 17.4 Å². The fraction of sp³-hybridized carbons (Fsp3) is 0.0909. The lowest BCUT2D eigenvalue weighted by molar-refractivity contribution is -0.114. The van der Waals surface area contributed by atoms with E-state index < -0.39 is 11.7 Å². The fourth-order valence-electron chi connectivity index (χ4n) is 1.87. The standard InChI is InChI=1S/C11H8N4O2/c16-10-8-3-1-2-4-9(8)15(11(10)17)6-7-5-12-14-13-7/h1-5H,6H2,(H,12,13,14). The van der Waals surface area contributed by atoms with Crippen LogP contribution in [0.15, 0.2) is 30.5 Å². The number of aromatic nitrogens is 3. The van der Waals surface area contributed by atoms with E-state index in [0.29, 0.717) is 16.9 Å². The Labute approximate surface area is 96.2 Å². The van der Waals surface area contributed by atoms with Gasteiger partial charge in [-0.25, -0.2) is 0 Å². The molecule has 6 heteroatoms. The van der Waals surface area contributed by atoms with Crippen LogP contribution < -0.4 is 4.90 Å². The molecular weight excluding hydrogens is 220 g/mol. The number of rotatable bonds is 2. The van der Waals surface area contributed by atoms with Crippen LogP contribution in [0.2, 0.25) is 0 Å². The average molecular weight is 228 g/mol. The van der Waals surface area contributed by atoms with Gasteiger partial charge < -0.3 is 0 Å². The van der Waals surface area contributed by atoms with E-state index in [1.54, 1.807) is 24.3 Å². The van der Waals surface area contributed by atoms with Crippen molar-refractivity contribution in [3.8, 4) is 0 Å². The molecule has 6 nitrogen and oxygen atoms in total. The summed E-state index contributed by atoms with van der Waals surface area (Å²) in [5, 5.41) is 10.0. The number of H-pyrrole nitrogens is 1. The van der Waals surface area contributed by atoms with Gasteiger partial charge in [0.15, 0.2) is 0 Å². The summed E-state index contributed by atoms with van der Waals surface area (Å²) < 4.78 is 0. The van der Waals surface area contributed by atoms with E-state index in [4.69, 9.17) is 0 Å². The molecule has 1 aromatic carbocycles. The molecular formula is C11H8N4O2. The molecule has 0 aliphatic carbocycles. The Morgan fingerprint density at radius 1 is 1.24 bits per heavy atom. The molecule has 1 aromatic heterocycles. The van der Waals surface area contributed by atoms with Crippen molar-refractivity contribution in [2.24, 2.45) is 0 Å². The number of fused-ring (bicyclic) bond motifs is 1. The van der Waals surface area contributed by atoms with Gasteiger partial charge >= 0.3 is 0 Å². The molecule has 1 N–H and O–H groups in total. The number of aromatic amines is 1. The molecule has 0 fully saturated rings. The Hall–Kier alpha value is -2.50. The van der Waals surface area contributed by atoms with Gasteiger partial charge in [0.05, 0.1) is 24.0 Å². The van der Waals surface area contributed by atoms with E-state index in [1.807, 2.05) is 0 Å². The van der Waals surface area contributed by atoms with Crippen molar-refractivity contribution in [2.45, 2.75) is 6.54 Å². The molecule has 0 bridgehead atoms. The van der Waals surface area contributed by atoms with E-state index in [2.05, 4.69) is 15.4 Å². The number of carbonyl (C=O) groups is 2. The Morgan fingerprint density at radius 2 is 2.06 bits per heavy atom. The molecule has 0 radical (unpaired) electrons. The Morgan fingerprint density at radius 3 is 2.82 bits per heavy atom. The number of benzene rings is 1. The third kappa shape index (κ3) is 1.42. The maximum absolute atomic E-state index is 11.8. The number of Topliss-reactive ketones (excluding diaryl/α,β-unsaturated/α-hetero) is 1. The SMILES string of the molecule is O=C1C(=O)N(Cc2cn[nH]n2)c2ccccc21. The van der Waals surface area contributed by atoms with Crippen LogP contribution in [0, 0.1) is 0 Å². The second kappa shape index (κ2) is 3.51. The van der Waals surface area contributed by atoms with Crippen LogP contribution in [0.4, 0.5) is 5.69 Å². The first kappa shape index (κ1) is 9.71. The highest BCUT2D eigenvalue weighted by atomic mass is 16.2. The molecule has 0 saturated heterocycles. The average Bonchev–Trinajstić information content (AvgIpc) is 2.94. The number of para-hydroxylation sites is 1. The van der Waals surface area contributed by atoms with Crippen LogP contribution in [-0.2, 0) is 11.3 Å². The zero-order chi connectivity index (χ0) is 11.8. The molecule has 2 aromatic rings. The van der Waals surface area contributed by atoms with Crippen LogP contribution in [0.3, 0.4) is 0 Å². The first-order valence-corrected chi connectivity index (χ1v) is 5.07. The van der Waals surface area contributed by atoms with Crippen molar-refractivity contribution in [1.82, 2.24) is 15.4 Å². The highest BCUT2D eigenvalue weighted by Gasteiger charge is 2.35. The smallest absolute Gasteiger partial charge is 0.299 e. The van der Waals surface area contributed by atoms with Crippen LogP contribution in [0.25, 0.3) is 0 Å². The van der Waals surface area contributed by atoms with E-state index in [-0.39, 0.29) is 6.54 Å². The van der Waals surface area contributed by atoms with E-state index in [1.165, 1.54) is 11.1 Å². The molecule has 1 aliphatic rings. The van der Waals surface area contributed by atoms with Crippen molar-refractivity contribution in [3.63, 3.8) is 0 Å². The quantitative estimate of drug-likeness (QED) is 0.760. The summed E-state index contributed by atoms with van der Waals surface area (Å²) in [7, 11) is 0. The number of hydrogen-bond donors (Lipinski definition) is 1. The number of carbonyl (C=O) groups excluding carboxylic acids is 2. The van der Waals surface area contributed by atoms with Gasteiger partial charge in [-0.15, -0.1) is 0 Å². The first-order valence-electron chi connectivity index (χ1n) is 5.07. The summed E-state index contributed by atoms with van der Waals surface area (Å²) in [4.78, 5) is 24.9. The van der Waals surface area contributed by atoms with Gasteiger partial charge in [-0.1, -0.05) is 12.1 Å². The third-order valence-corrected chi connectivity index (χ3v) is 2.66. The van der Waals surface area contributed by atoms with Crippen molar-refractivity contribution in [3.05, 3.63) is 41.7 Å². The topological polar surface area (TPSA) is 79.0 Å². The molecule has 0 saturated carbocycles. The second-order valence-electron chi connectivity index (χ2n) is 3.70. The molecule has 1 aliphatic heterocycles. The summed E-state index contributed by atoms with van der Waals surface area (Å²) in [6, 6.07) is 6.93. The molecule has 1 amide bonds. The summed E-state index contributed by atoms with van der Waals surface area (Å²) in [6.07, 6.45) is 1.53. The van der Waals surface area contributed by atoms with E-state index in [0.717, 1.165) is 0 Å². The lowest BCUT2D eigenvalue weighted by Crippen LogP contribution is -2.29. The minimum Gasteiger partial charge on any atom is -0.299 e. The van der Waals surface area contributed by atoms with Gasteiger partial charge in [0.2, 0.25) is 0 Å². The van der Waals surface area contributed by atoms with Crippen molar-refractivity contribution in [1.29, 1.82) is 0 Å². The summed E-state index contributed by atoms with van der Waals surface area (Å²) in [6.45, 7) is 0.248. The maximum Gasteiger partial charge on any atom is 0.299 e. The predicted octanol–water partition coefficient (Wildman–Crippen LogP) is 0.534. The number of hydrogen-bond acceptors (Lipinski definition) is 4. The minimum absolute atomic E-state index is 0.248. The predicted molar refractivity (Wildman–Crippen MR) is 58.3 cm³/mol. The van der Waals surface area contributed by atoms with Gasteiger partial charge in [0.1, 0.15) is 5.69 Å². The molecule has 3 rings (SSSR count). The molecule has 0 unspecified atom stereocenters. The second-order valence-corrected chi connectivity index (χ2v) is 3.70. The summed E-state index contributed by atoms with van der Waals surface area (Å²) in [5.74, 6) is -0.988. The monoisotopic (exact) mass is 228 g/mol. The van der Waals surface area contributed by atoms with Crippen molar-refractivity contribution < 1.29 is 9.59 Å². The molecule has 2 heterocycles. The van der Waals surface area contributed by atoms with Gasteiger partial charge in [-0.05, 0) is 12.1 Å². The maximum atomic E-state index is 11.8. The van der Waals surface area contributed by atoms with Crippen LogP contribution in [0.1, 0.15) is 16.1 Å². The lowest BCUT2D eigenvalue weighted by Gasteiger charge is -2.14. The molecule has 0 atom stereocenters. The third-order valence-electron chi connectivity index (χ3n) is 2.66. The lowest BCUT2D eigenvalue weighted by atomic mass is 10.1. The largest absolute Gasteiger partial charge is 0.299 e. The minimum atomic E-state index is -0.519. The van der Waals surface area contributed by atoms with Crippen LogP contribution in [0.5, 0.6) is 0 Å². The summed E-state index contributed by atoms with van der Waals surface area (Å²) >= 11 is 0. The Bertz CT molecular complexity index is 591. The molecule has 84 valence electrons. The van der Waals surface area contributed by atoms with E-state index in [9.17, 15) is 9.59 Å². The zero-order valence-electron chi connectivity index (χ0n) is 8.75. The molecule has 0 spiro atoms. The zero-order valence-corrected chi connectivity index (χ0v) is 8.75. The number of anilines is 1. The van der Waals surface area contributed by atoms with Crippen molar-refractivity contribution in [2.75, 3.05) is 4.90 Å². The summed E-state index contributed by atoms with van der Waals surface area (Å²) in [5.41, 5.74) is 1.69. The number of nitrogens with one attached hydrogen (secondary N) is 1. The van der Waals surface area contributed by atoms with Gasteiger partial charge in [-0.3, -0.25) is 14.5 Å². The molecule has 17 heavy (non-hydrogen) atoms. The van der Waals surface area contributed by atoms with Gasteiger partial charge in [0, 0.05) is 0 Å².